The van der Waals surface area contributed by atoms with Gasteiger partial charge in [0, 0.05) is 0 Å². The van der Waals surface area contributed by atoms with Crippen LogP contribution in [0.4, 0.5) is 0 Å². The fourth-order valence-corrected chi connectivity index (χ4v) is 2.35. The number of aromatic hydroxyl groups is 2. The molecular formula is C20H17ClO2. The molecule has 0 bridgehead atoms. The van der Waals surface area contributed by atoms with Crippen molar-refractivity contribution in [2.75, 3.05) is 0 Å². The summed E-state index contributed by atoms with van der Waals surface area (Å²) >= 11 is 0. The highest BCUT2D eigenvalue weighted by Gasteiger charge is 1.92. The van der Waals surface area contributed by atoms with E-state index in [1.54, 1.807) is 24.3 Å². The Bertz CT molecular complexity index is 842. The highest BCUT2D eigenvalue weighted by atomic mass is 35.5. The Morgan fingerprint density at radius 3 is 1.17 bits per heavy atom. The Hall–Kier alpha value is -2.71. The van der Waals surface area contributed by atoms with E-state index in [4.69, 9.17) is 10.2 Å². The molecule has 2 N–H and O–H groups in total. The summed E-state index contributed by atoms with van der Waals surface area (Å²) in [5, 5.41) is 22.7. The minimum Gasteiger partial charge on any atom is -0.508 e. The summed E-state index contributed by atoms with van der Waals surface area (Å²) in [6.07, 6.45) is 0. The van der Waals surface area contributed by atoms with Crippen LogP contribution in [0.1, 0.15) is 0 Å². The molecule has 0 saturated heterocycles. The summed E-state index contributed by atoms with van der Waals surface area (Å²) < 4.78 is 0. The van der Waals surface area contributed by atoms with Crippen molar-refractivity contribution in [2.24, 2.45) is 0 Å². The number of fused-ring (bicyclic) bond motifs is 2. The van der Waals surface area contributed by atoms with Gasteiger partial charge in [-0.15, -0.1) is 12.4 Å². The van der Waals surface area contributed by atoms with Gasteiger partial charge in [-0.25, -0.2) is 0 Å². The van der Waals surface area contributed by atoms with Gasteiger partial charge in [-0.05, 0) is 45.8 Å². The largest absolute Gasteiger partial charge is 0.508 e. The van der Waals surface area contributed by atoms with Crippen molar-refractivity contribution in [2.45, 2.75) is 0 Å². The van der Waals surface area contributed by atoms with E-state index in [9.17, 15) is 0 Å². The lowest BCUT2D eigenvalue weighted by molar-refractivity contribution is 0.475. The first-order chi connectivity index (χ1) is 10.7. The van der Waals surface area contributed by atoms with Gasteiger partial charge in [-0.1, -0.05) is 60.7 Å². The Kier molecular flexibility index (Phi) is 5.45. The van der Waals surface area contributed by atoms with E-state index in [0.29, 0.717) is 11.5 Å². The van der Waals surface area contributed by atoms with Crippen LogP contribution < -0.4 is 0 Å². The molecule has 116 valence electrons. The molecule has 0 spiro atoms. The molecule has 4 aromatic rings. The highest BCUT2D eigenvalue weighted by Crippen LogP contribution is 2.19. The van der Waals surface area contributed by atoms with Crippen LogP contribution in [0.5, 0.6) is 11.5 Å². The lowest BCUT2D eigenvalue weighted by Gasteiger charge is -1.96. The summed E-state index contributed by atoms with van der Waals surface area (Å²) in [4.78, 5) is 0. The quantitative estimate of drug-likeness (QED) is 0.447. The van der Waals surface area contributed by atoms with Gasteiger partial charge in [0.25, 0.3) is 0 Å². The van der Waals surface area contributed by atoms with Gasteiger partial charge in [0.1, 0.15) is 11.5 Å². The summed E-state index contributed by atoms with van der Waals surface area (Å²) in [6, 6.07) is 26.6. The average Bonchev–Trinajstić information content (AvgIpc) is 2.55. The van der Waals surface area contributed by atoms with Crippen LogP contribution >= 0.6 is 12.4 Å². The van der Waals surface area contributed by atoms with Gasteiger partial charge in [0.2, 0.25) is 0 Å². The number of hydrogen-bond donors (Lipinski definition) is 2. The van der Waals surface area contributed by atoms with Crippen LogP contribution in [0.2, 0.25) is 0 Å². The van der Waals surface area contributed by atoms with E-state index in [2.05, 4.69) is 0 Å². The van der Waals surface area contributed by atoms with Crippen molar-refractivity contribution in [1.82, 2.24) is 0 Å². The predicted octanol–water partition coefficient (Wildman–Crippen LogP) is 5.51. The number of phenolic OH excluding ortho intramolecular Hbond substituents is 2. The van der Waals surface area contributed by atoms with Crippen LogP contribution in [0.25, 0.3) is 21.5 Å². The first kappa shape index (κ1) is 16.7. The van der Waals surface area contributed by atoms with E-state index in [1.807, 2.05) is 60.7 Å². The lowest BCUT2D eigenvalue weighted by Crippen LogP contribution is -1.69. The smallest absolute Gasteiger partial charge is 0.116 e. The zero-order valence-electron chi connectivity index (χ0n) is 12.4. The molecule has 0 atom stereocenters. The molecule has 3 heteroatoms. The number of rotatable bonds is 0. The molecule has 0 aliphatic rings. The molecule has 0 aromatic heterocycles. The van der Waals surface area contributed by atoms with Crippen LogP contribution in [-0.4, -0.2) is 10.2 Å². The predicted molar refractivity (Wildman–Crippen MR) is 98.5 cm³/mol. The summed E-state index contributed by atoms with van der Waals surface area (Å²) in [7, 11) is 0. The Morgan fingerprint density at radius 1 is 0.435 bits per heavy atom. The molecular weight excluding hydrogens is 308 g/mol. The van der Waals surface area contributed by atoms with Crippen molar-refractivity contribution in [3.63, 3.8) is 0 Å². The number of phenols is 2. The normalized spacial score (nSPS) is 9.74. The summed E-state index contributed by atoms with van der Waals surface area (Å²) in [5.74, 6) is 0.646. The molecule has 0 amide bonds. The molecule has 23 heavy (non-hydrogen) atoms. The van der Waals surface area contributed by atoms with Crippen LogP contribution in [0.15, 0.2) is 84.9 Å². The van der Waals surface area contributed by atoms with Crippen molar-refractivity contribution in [3.05, 3.63) is 84.9 Å². The highest BCUT2D eigenvalue weighted by molar-refractivity contribution is 5.85. The van der Waals surface area contributed by atoms with Gasteiger partial charge in [0.15, 0.2) is 0 Å². The van der Waals surface area contributed by atoms with E-state index >= 15 is 0 Å². The molecule has 0 aliphatic heterocycles. The van der Waals surface area contributed by atoms with Gasteiger partial charge in [0.05, 0.1) is 0 Å². The Morgan fingerprint density at radius 2 is 0.783 bits per heavy atom. The molecule has 0 radical (unpaired) electrons. The summed E-state index contributed by atoms with van der Waals surface area (Å²) in [6.45, 7) is 0. The zero-order valence-corrected chi connectivity index (χ0v) is 13.2. The average molecular weight is 325 g/mol. The zero-order chi connectivity index (χ0) is 15.4. The molecule has 0 aliphatic carbocycles. The second-order valence-electron chi connectivity index (χ2n) is 5.06. The van der Waals surface area contributed by atoms with E-state index in [-0.39, 0.29) is 12.4 Å². The maximum atomic E-state index is 9.13. The van der Waals surface area contributed by atoms with Gasteiger partial charge in [-0.3, -0.25) is 0 Å². The third-order valence-corrected chi connectivity index (χ3v) is 3.47. The second-order valence-corrected chi connectivity index (χ2v) is 5.06. The number of hydrogen-bond acceptors (Lipinski definition) is 2. The monoisotopic (exact) mass is 324 g/mol. The summed E-state index contributed by atoms with van der Waals surface area (Å²) in [5.41, 5.74) is 0. The van der Waals surface area contributed by atoms with Crippen molar-refractivity contribution < 1.29 is 10.2 Å². The lowest BCUT2D eigenvalue weighted by atomic mass is 10.1. The second kappa shape index (κ2) is 7.52. The van der Waals surface area contributed by atoms with E-state index in [1.165, 1.54) is 0 Å². The topological polar surface area (TPSA) is 40.5 Å². The minimum absolute atomic E-state index is 0. The van der Waals surface area contributed by atoms with Crippen molar-refractivity contribution >= 4 is 34.0 Å². The van der Waals surface area contributed by atoms with Gasteiger partial charge >= 0.3 is 0 Å². The van der Waals surface area contributed by atoms with E-state index < -0.39 is 0 Å². The fraction of sp³-hybridized carbons (Fsp3) is 0. The molecule has 0 heterocycles. The standard InChI is InChI=1S/2C10H8O.ClH/c2*11-10-6-5-8-3-1-2-4-9(8)7-10;/h2*1-7,11H;1H. The van der Waals surface area contributed by atoms with Crippen molar-refractivity contribution in [1.29, 1.82) is 0 Å². The molecule has 2 nitrogen and oxygen atoms in total. The Balaban J connectivity index is 0.000000160. The maximum absolute atomic E-state index is 9.13. The molecule has 4 aromatic carbocycles. The minimum atomic E-state index is 0. The van der Waals surface area contributed by atoms with Gasteiger partial charge in [-0.2, -0.15) is 0 Å². The molecule has 0 saturated carbocycles. The maximum Gasteiger partial charge on any atom is 0.116 e. The van der Waals surface area contributed by atoms with Crippen molar-refractivity contribution in [3.8, 4) is 11.5 Å². The van der Waals surface area contributed by atoms with Crippen LogP contribution in [-0.2, 0) is 0 Å². The van der Waals surface area contributed by atoms with Crippen LogP contribution in [0, 0.1) is 0 Å². The molecule has 0 fully saturated rings. The molecule has 0 unspecified atom stereocenters. The van der Waals surface area contributed by atoms with E-state index in [0.717, 1.165) is 21.5 Å². The van der Waals surface area contributed by atoms with Gasteiger partial charge < -0.3 is 10.2 Å². The first-order valence-electron chi connectivity index (χ1n) is 7.08. The SMILES string of the molecule is Cl.Oc1ccc2ccccc2c1.Oc1ccc2ccccc2c1. The molecule has 4 rings (SSSR count). The van der Waals surface area contributed by atoms with Crippen LogP contribution in [0.3, 0.4) is 0 Å². The third kappa shape index (κ3) is 4.15. The number of halogens is 1. The number of benzene rings is 4. The Labute approximate surface area is 141 Å². The third-order valence-electron chi connectivity index (χ3n) is 3.47. The first-order valence-corrected chi connectivity index (χ1v) is 7.08. The fourth-order valence-electron chi connectivity index (χ4n) is 2.35.